The first-order valence-electron chi connectivity index (χ1n) is 6.20. The first kappa shape index (κ1) is 10.4. The molecular weight excluding hydrogens is 172 g/mol. The largest absolute Gasteiger partial charge is 0.316 e. The summed E-state index contributed by atoms with van der Waals surface area (Å²) in [6, 6.07) is 0.832. The van der Waals surface area contributed by atoms with E-state index in [2.05, 4.69) is 24.1 Å². The molecule has 2 atom stereocenters. The molecule has 2 rings (SSSR count). The van der Waals surface area contributed by atoms with Gasteiger partial charge in [-0.05, 0) is 51.1 Å². The van der Waals surface area contributed by atoms with E-state index in [1.54, 1.807) is 0 Å². The summed E-state index contributed by atoms with van der Waals surface area (Å²) in [5, 5.41) is 3.53. The molecule has 0 amide bonds. The Bertz CT molecular complexity index is 185. The normalized spacial score (nSPS) is 39.4. The lowest BCUT2D eigenvalue weighted by atomic mass is 9.83. The summed E-state index contributed by atoms with van der Waals surface area (Å²) in [4.78, 5) is 2.70. The summed E-state index contributed by atoms with van der Waals surface area (Å²) in [6.45, 7) is 9.88. The monoisotopic (exact) mass is 196 g/mol. The van der Waals surface area contributed by atoms with E-state index in [0.717, 1.165) is 6.04 Å². The fraction of sp³-hybridized carbons (Fsp3) is 1.00. The Balaban J connectivity index is 1.93. The van der Waals surface area contributed by atoms with Gasteiger partial charge in [-0.1, -0.05) is 6.92 Å². The van der Waals surface area contributed by atoms with E-state index in [9.17, 15) is 0 Å². The van der Waals surface area contributed by atoms with Crippen LogP contribution in [-0.2, 0) is 0 Å². The third-order valence-corrected chi connectivity index (χ3v) is 4.31. The zero-order valence-corrected chi connectivity index (χ0v) is 9.68. The maximum absolute atomic E-state index is 3.53. The van der Waals surface area contributed by atoms with Gasteiger partial charge in [0.15, 0.2) is 0 Å². The molecule has 0 spiro atoms. The average Bonchev–Trinajstić information content (AvgIpc) is 2.79. The smallest absolute Gasteiger partial charge is 0.00676 e. The molecule has 1 N–H and O–H groups in total. The molecule has 2 nitrogen and oxygen atoms in total. The lowest BCUT2D eigenvalue weighted by Gasteiger charge is -2.34. The minimum Gasteiger partial charge on any atom is -0.316 e. The van der Waals surface area contributed by atoms with Crippen molar-refractivity contribution in [2.75, 3.05) is 26.2 Å². The van der Waals surface area contributed by atoms with Gasteiger partial charge in [0.05, 0.1) is 0 Å². The maximum atomic E-state index is 3.53. The molecule has 2 saturated heterocycles. The first-order valence-corrected chi connectivity index (χ1v) is 6.20. The molecule has 0 bridgehead atoms. The lowest BCUT2D eigenvalue weighted by molar-refractivity contribution is 0.153. The Kier molecular flexibility index (Phi) is 3.13. The zero-order valence-electron chi connectivity index (χ0n) is 9.68. The predicted molar refractivity (Wildman–Crippen MR) is 60.5 cm³/mol. The fourth-order valence-corrected chi connectivity index (χ4v) is 3.00. The van der Waals surface area contributed by atoms with Crippen molar-refractivity contribution >= 4 is 0 Å². The van der Waals surface area contributed by atoms with Gasteiger partial charge in [-0.25, -0.2) is 0 Å². The van der Waals surface area contributed by atoms with Crippen LogP contribution < -0.4 is 5.32 Å². The number of nitrogens with one attached hydrogen (secondary N) is 1. The van der Waals surface area contributed by atoms with Crippen molar-refractivity contribution < 1.29 is 0 Å². The third-order valence-electron chi connectivity index (χ3n) is 4.31. The van der Waals surface area contributed by atoms with Crippen LogP contribution in [0.1, 0.15) is 39.5 Å². The Morgan fingerprint density at radius 3 is 2.86 bits per heavy atom. The van der Waals surface area contributed by atoms with Crippen LogP contribution in [0.2, 0.25) is 0 Å². The van der Waals surface area contributed by atoms with E-state index in [1.807, 2.05) is 0 Å². The molecule has 2 unspecified atom stereocenters. The Morgan fingerprint density at radius 1 is 1.50 bits per heavy atom. The summed E-state index contributed by atoms with van der Waals surface area (Å²) in [7, 11) is 0. The van der Waals surface area contributed by atoms with Crippen LogP contribution in [0.4, 0.5) is 0 Å². The van der Waals surface area contributed by atoms with Crippen LogP contribution in [0.25, 0.3) is 0 Å². The summed E-state index contributed by atoms with van der Waals surface area (Å²) in [5.74, 6) is 0. The number of hydrogen-bond donors (Lipinski definition) is 1. The van der Waals surface area contributed by atoms with Gasteiger partial charge in [0, 0.05) is 19.1 Å². The van der Waals surface area contributed by atoms with E-state index >= 15 is 0 Å². The maximum Gasteiger partial charge on any atom is 0.00676 e. The van der Waals surface area contributed by atoms with Crippen LogP contribution in [0, 0.1) is 5.41 Å². The second-order valence-corrected chi connectivity index (χ2v) is 5.24. The van der Waals surface area contributed by atoms with Gasteiger partial charge in [-0.15, -0.1) is 0 Å². The lowest BCUT2D eigenvalue weighted by Crippen LogP contribution is -2.40. The molecule has 2 fully saturated rings. The van der Waals surface area contributed by atoms with Crippen LogP contribution in [0.3, 0.4) is 0 Å². The summed E-state index contributed by atoms with van der Waals surface area (Å²) < 4.78 is 0. The fourth-order valence-electron chi connectivity index (χ4n) is 3.00. The molecular formula is C12H24N2. The molecule has 0 aromatic carbocycles. The third kappa shape index (κ3) is 1.96. The molecule has 0 radical (unpaired) electrons. The van der Waals surface area contributed by atoms with Crippen LogP contribution >= 0.6 is 0 Å². The molecule has 2 heteroatoms. The summed E-state index contributed by atoms with van der Waals surface area (Å²) in [6.07, 6.45) is 5.54. The highest BCUT2D eigenvalue weighted by molar-refractivity contribution is 4.91. The predicted octanol–water partition coefficient (Wildman–Crippen LogP) is 1.86. The molecule has 14 heavy (non-hydrogen) atoms. The van der Waals surface area contributed by atoms with Gasteiger partial charge < -0.3 is 10.2 Å². The highest BCUT2D eigenvalue weighted by Gasteiger charge is 2.35. The number of nitrogens with zero attached hydrogens (tertiary/aromatic N) is 1. The molecule has 0 saturated carbocycles. The van der Waals surface area contributed by atoms with E-state index in [4.69, 9.17) is 0 Å². The van der Waals surface area contributed by atoms with Crippen molar-refractivity contribution in [1.29, 1.82) is 0 Å². The molecule has 0 aliphatic carbocycles. The molecule has 2 aliphatic heterocycles. The van der Waals surface area contributed by atoms with Crippen molar-refractivity contribution in [3.63, 3.8) is 0 Å². The van der Waals surface area contributed by atoms with Crippen LogP contribution in [0.15, 0.2) is 0 Å². The minimum absolute atomic E-state index is 0.596. The van der Waals surface area contributed by atoms with Crippen molar-refractivity contribution in [3.8, 4) is 0 Å². The Hall–Kier alpha value is -0.0800. The van der Waals surface area contributed by atoms with E-state index < -0.39 is 0 Å². The van der Waals surface area contributed by atoms with Crippen molar-refractivity contribution in [1.82, 2.24) is 10.2 Å². The van der Waals surface area contributed by atoms with Gasteiger partial charge in [0.1, 0.15) is 0 Å². The van der Waals surface area contributed by atoms with Gasteiger partial charge >= 0.3 is 0 Å². The number of hydrogen-bond acceptors (Lipinski definition) is 2. The van der Waals surface area contributed by atoms with E-state index in [1.165, 1.54) is 51.9 Å². The van der Waals surface area contributed by atoms with Gasteiger partial charge in [-0.3, -0.25) is 0 Å². The Morgan fingerprint density at radius 2 is 2.36 bits per heavy atom. The SMILES string of the molecule is CCC1(CN2CCCC2C)CCNC1. The van der Waals surface area contributed by atoms with E-state index in [0.29, 0.717) is 5.41 Å². The van der Waals surface area contributed by atoms with Crippen LogP contribution in [-0.4, -0.2) is 37.1 Å². The molecule has 2 aliphatic rings. The topological polar surface area (TPSA) is 15.3 Å². The number of rotatable bonds is 3. The quantitative estimate of drug-likeness (QED) is 0.741. The first-order chi connectivity index (χ1) is 6.76. The molecule has 2 heterocycles. The summed E-state index contributed by atoms with van der Waals surface area (Å²) in [5.41, 5.74) is 0.596. The van der Waals surface area contributed by atoms with Crippen LogP contribution in [0.5, 0.6) is 0 Å². The van der Waals surface area contributed by atoms with Gasteiger partial charge in [-0.2, -0.15) is 0 Å². The van der Waals surface area contributed by atoms with E-state index in [-0.39, 0.29) is 0 Å². The highest BCUT2D eigenvalue weighted by Crippen LogP contribution is 2.32. The standard InChI is InChI=1S/C12H24N2/c1-3-12(6-7-13-9-12)10-14-8-4-5-11(14)2/h11,13H,3-10H2,1-2H3. The molecule has 0 aromatic rings. The second kappa shape index (κ2) is 4.19. The number of likely N-dealkylation sites (tertiary alicyclic amines) is 1. The highest BCUT2D eigenvalue weighted by atomic mass is 15.2. The minimum atomic E-state index is 0.596. The molecule has 0 aromatic heterocycles. The van der Waals surface area contributed by atoms with Crippen molar-refractivity contribution in [3.05, 3.63) is 0 Å². The summed E-state index contributed by atoms with van der Waals surface area (Å²) >= 11 is 0. The Labute approximate surface area is 88.1 Å². The van der Waals surface area contributed by atoms with Crippen molar-refractivity contribution in [2.45, 2.75) is 45.6 Å². The average molecular weight is 196 g/mol. The second-order valence-electron chi connectivity index (χ2n) is 5.24. The van der Waals surface area contributed by atoms with Gasteiger partial charge in [0.2, 0.25) is 0 Å². The van der Waals surface area contributed by atoms with Gasteiger partial charge in [0.25, 0.3) is 0 Å². The molecule has 82 valence electrons. The van der Waals surface area contributed by atoms with Crippen molar-refractivity contribution in [2.24, 2.45) is 5.41 Å². The zero-order chi connectivity index (χ0) is 10.0.